The molecule has 114 valence electrons. The summed E-state index contributed by atoms with van der Waals surface area (Å²) >= 11 is 3.27. The topological polar surface area (TPSA) is 64.4 Å². The fourth-order valence-electron chi connectivity index (χ4n) is 3.59. The molecule has 2 aliphatic carbocycles. The summed E-state index contributed by atoms with van der Waals surface area (Å²) < 4.78 is 6.35. The minimum Gasteiger partial charge on any atom is -0.382 e. The summed E-state index contributed by atoms with van der Waals surface area (Å²) in [7, 11) is 0. The van der Waals surface area contributed by atoms with E-state index in [9.17, 15) is 10.1 Å². The molecule has 2 aliphatic rings. The van der Waals surface area contributed by atoms with E-state index in [4.69, 9.17) is 4.74 Å². The van der Waals surface area contributed by atoms with Crippen LogP contribution in [0.2, 0.25) is 0 Å². The lowest BCUT2D eigenvalue weighted by Crippen LogP contribution is -2.64. The van der Waals surface area contributed by atoms with Crippen molar-refractivity contribution in [3.63, 3.8) is 0 Å². The third-order valence-electron chi connectivity index (χ3n) is 4.92. The molecule has 21 heavy (non-hydrogen) atoms. The predicted octanol–water partition coefficient (Wildman–Crippen LogP) is 4.12. The van der Waals surface area contributed by atoms with E-state index in [1.165, 1.54) is 19.3 Å². The highest BCUT2D eigenvalue weighted by Gasteiger charge is 2.58. The monoisotopic (exact) mass is 354 g/mol. The molecule has 0 heterocycles. The zero-order chi connectivity index (χ0) is 15.0. The van der Waals surface area contributed by atoms with Crippen molar-refractivity contribution in [2.75, 3.05) is 11.9 Å². The summed E-state index contributed by atoms with van der Waals surface area (Å²) in [6.07, 6.45) is 5.08. The second-order valence-corrected chi connectivity index (χ2v) is 6.74. The van der Waals surface area contributed by atoms with Crippen LogP contribution >= 0.6 is 15.9 Å². The van der Waals surface area contributed by atoms with Gasteiger partial charge in [0.15, 0.2) is 0 Å². The highest BCUT2D eigenvalue weighted by atomic mass is 79.9. The van der Waals surface area contributed by atoms with Crippen LogP contribution in [-0.2, 0) is 4.74 Å². The van der Waals surface area contributed by atoms with Gasteiger partial charge in [0, 0.05) is 29.8 Å². The van der Waals surface area contributed by atoms with Gasteiger partial charge in [-0.2, -0.15) is 0 Å². The van der Waals surface area contributed by atoms with E-state index >= 15 is 0 Å². The lowest BCUT2D eigenvalue weighted by atomic mass is 9.51. The molecule has 2 unspecified atom stereocenters. The van der Waals surface area contributed by atoms with Gasteiger partial charge in [-0.1, -0.05) is 6.42 Å². The summed E-state index contributed by atoms with van der Waals surface area (Å²) in [6.45, 7) is 2.81. The molecule has 5 nitrogen and oxygen atoms in total. The summed E-state index contributed by atoms with van der Waals surface area (Å²) in [5.41, 5.74) is 1.31. The maximum atomic E-state index is 10.8. The van der Waals surface area contributed by atoms with E-state index in [0.717, 1.165) is 18.7 Å². The van der Waals surface area contributed by atoms with Crippen LogP contribution in [0.5, 0.6) is 0 Å². The SMILES string of the molecule is CCOC1CC(Nc2ccc([N+](=O)[O-])c(Br)c2)C12CCC2. The molecule has 0 saturated heterocycles. The van der Waals surface area contributed by atoms with Crippen LogP contribution in [0, 0.1) is 15.5 Å². The molecule has 1 aromatic rings. The van der Waals surface area contributed by atoms with Gasteiger partial charge in [0.05, 0.1) is 15.5 Å². The van der Waals surface area contributed by atoms with Crippen molar-refractivity contribution >= 4 is 27.3 Å². The number of nitrogens with zero attached hydrogens (tertiary/aromatic N) is 1. The number of benzene rings is 1. The standard InChI is InChI=1S/C15H19BrN2O3/c1-2-21-14-9-13(15(14)6-3-7-15)17-10-4-5-12(18(19)20)11(16)8-10/h4-5,8,13-14,17H,2-3,6-7,9H2,1H3. The molecule has 6 heteroatoms. The van der Waals surface area contributed by atoms with Crippen molar-refractivity contribution in [1.82, 2.24) is 0 Å². The summed E-state index contributed by atoms with van der Waals surface area (Å²) in [5, 5.41) is 14.4. The first-order valence-electron chi connectivity index (χ1n) is 7.39. The zero-order valence-corrected chi connectivity index (χ0v) is 13.6. The second kappa shape index (κ2) is 5.57. The fraction of sp³-hybridized carbons (Fsp3) is 0.600. The highest BCUT2D eigenvalue weighted by molar-refractivity contribution is 9.10. The van der Waals surface area contributed by atoms with Crippen LogP contribution in [0.25, 0.3) is 0 Å². The van der Waals surface area contributed by atoms with E-state index in [1.807, 2.05) is 6.92 Å². The number of halogens is 1. The Morgan fingerprint density at radius 3 is 2.81 bits per heavy atom. The van der Waals surface area contributed by atoms with Gasteiger partial charge in [-0.3, -0.25) is 10.1 Å². The second-order valence-electron chi connectivity index (χ2n) is 5.89. The molecule has 1 aromatic carbocycles. The molecule has 0 amide bonds. The number of anilines is 1. The molecule has 1 N–H and O–H groups in total. The highest BCUT2D eigenvalue weighted by Crippen LogP contribution is 2.58. The van der Waals surface area contributed by atoms with Gasteiger partial charge >= 0.3 is 0 Å². The minimum absolute atomic E-state index is 0.0970. The predicted molar refractivity (Wildman–Crippen MR) is 84.5 cm³/mol. The summed E-state index contributed by atoms with van der Waals surface area (Å²) in [4.78, 5) is 10.5. The molecule has 2 saturated carbocycles. The number of rotatable bonds is 5. The van der Waals surface area contributed by atoms with Crippen LogP contribution in [0.3, 0.4) is 0 Å². The number of ether oxygens (including phenoxy) is 1. The molecular formula is C15H19BrN2O3. The Balaban J connectivity index is 1.70. The smallest absolute Gasteiger partial charge is 0.283 e. The zero-order valence-electron chi connectivity index (χ0n) is 12.0. The van der Waals surface area contributed by atoms with Crippen molar-refractivity contribution in [3.8, 4) is 0 Å². The average Bonchev–Trinajstić information content (AvgIpc) is 2.35. The van der Waals surface area contributed by atoms with Gasteiger partial charge in [0.25, 0.3) is 5.69 Å². The Kier molecular flexibility index (Phi) is 3.92. The fourth-order valence-corrected chi connectivity index (χ4v) is 4.11. The van der Waals surface area contributed by atoms with Crippen LogP contribution in [0.1, 0.15) is 32.6 Å². The Morgan fingerprint density at radius 2 is 2.29 bits per heavy atom. The van der Waals surface area contributed by atoms with Crippen molar-refractivity contribution < 1.29 is 9.66 Å². The summed E-state index contributed by atoms with van der Waals surface area (Å²) in [6, 6.07) is 5.52. The molecule has 1 spiro atoms. The lowest BCUT2D eigenvalue weighted by molar-refractivity contribution is -0.385. The maximum absolute atomic E-state index is 10.8. The van der Waals surface area contributed by atoms with E-state index in [0.29, 0.717) is 16.6 Å². The molecule has 0 radical (unpaired) electrons. The van der Waals surface area contributed by atoms with Crippen LogP contribution < -0.4 is 5.32 Å². The quantitative estimate of drug-likeness (QED) is 0.638. The van der Waals surface area contributed by atoms with E-state index < -0.39 is 0 Å². The minimum atomic E-state index is -0.379. The third-order valence-corrected chi connectivity index (χ3v) is 5.56. The maximum Gasteiger partial charge on any atom is 0.283 e. The molecule has 0 bridgehead atoms. The van der Waals surface area contributed by atoms with E-state index in [2.05, 4.69) is 21.2 Å². The average molecular weight is 355 g/mol. The van der Waals surface area contributed by atoms with E-state index in [1.54, 1.807) is 18.2 Å². The van der Waals surface area contributed by atoms with Crippen molar-refractivity contribution in [2.45, 2.75) is 44.8 Å². The normalized spacial score (nSPS) is 26.0. The van der Waals surface area contributed by atoms with Crippen LogP contribution in [-0.4, -0.2) is 23.7 Å². The molecule has 2 fully saturated rings. The Bertz CT molecular complexity index is 560. The van der Waals surface area contributed by atoms with Gasteiger partial charge in [-0.15, -0.1) is 0 Å². The molecule has 0 aliphatic heterocycles. The number of hydrogen-bond donors (Lipinski definition) is 1. The van der Waals surface area contributed by atoms with Gasteiger partial charge in [-0.05, 0) is 54.2 Å². The van der Waals surface area contributed by atoms with Crippen molar-refractivity contribution in [2.24, 2.45) is 5.41 Å². The molecule has 2 atom stereocenters. The third kappa shape index (κ3) is 2.44. The number of hydrogen-bond acceptors (Lipinski definition) is 4. The Hall–Kier alpha value is -1.14. The van der Waals surface area contributed by atoms with Crippen molar-refractivity contribution in [1.29, 1.82) is 0 Å². The first-order chi connectivity index (χ1) is 10.1. The van der Waals surface area contributed by atoms with Gasteiger partial charge in [-0.25, -0.2) is 0 Å². The Labute approximate surface area is 132 Å². The summed E-state index contributed by atoms with van der Waals surface area (Å²) in [5.74, 6) is 0. The Morgan fingerprint density at radius 1 is 1.52 bits per heavy atom. The number of nitro benzene ring substituents is 1. The first kappa shape index (κ1) is 14.8. The van der Waals surface area contributed by atoms with Gasteiger partial charge in [0.1, 0.15) is 0 Å². The molecular weight excluding hydrogens is 336 g/mol. The molecule has 3 rings (SSSR count). The lowest BCUT2D eigenvalue weighted by Gasteiger charge is -2.61. The van der Waals surface area contributed by atoms with Gasteiger partial charge < -0.3 is 10.1 Å². The first-order valence-corrected chi connectivity index (χ1v) is 8.18. The largest absolute Gasteiger partial charge is 0.382 e. The van der Waals surface area contributed by atoms with Gasteiger partial charge in [0.2, 0.25) is 0 Å². The van der Waals surface area contributed by atoms with Crippen molar-refractivity contribution in [3.05, 3.63) is 32.8 Å². The van der Waals surface area contributed by atoms with Crippen LogP contribution in [0.4, 0.5) is 11.4 Å². The number of nitro groups is 1. The molecule has 0 aromatic heterocycles. The van der Waals surface area contributed by atoms with E-state index in [-0.39, 0.29) is 16.0 Å². The number of nitrogens with one attached hydrogen (secondary N) is 1. The van der Waals surface area contributed by atoms with Crippen LogP contribution in [0.15, 0.2) is 22.7 Å².